The van der Waals surface area contributed by atoms with Gasteiger partial charge < -0.3 is 15.5 Å². The molecule has 29 heavy (non-hydrogen) atoms. The molecule has 158 valence electrons. The standard InChI is InChI=1S/C23H36N6/c1-4-15-28-16-12-21(13-17-28)26-23(24-3)25-14-8-9-20-18-29(27-19(20)2)22-10-6-5-7-11-22/h5-7,10-11,18,21H,4,8-9,12-17H2,1-3H3,(H2,24,25,26). The molecule has 0 radical (unpaired) electrons. The predicted molar refractivity (Wildman–Crippen MR) is 121 cm³/mol. The lowest BCUT2D eigenvalue weighted by Crippen LogP contribution is -2.48. The van der Waals surface area contributed by atoms with E-state index in [1.54, 1.807) is 0 Å². The van der Waals surface area contributed by atoms with Crippen LogP contribution in [0.25, 0.3) is 5.69 Å². The Kier molecular flexibility index (Phi) is 8.11. The molecule has 1 fully saturated rings. The molecule has 6 nitrogen and oxygen atoms in total. The highest BCUT2D eigenvalue weighted by atomic mass is 15.3. The van der Waals surface area contributed by atoms with E-state index in [-0.39, 0.29) is 0 Å². The summed E-state index contributed by atoms with van der Waals surface area (Å²) in [4.78, 5) is 6.97. The molecule has 1 aromatic carbocycles. The third-order valence-corrected chi connectivity index (χ3v) is 5.63. The number of para-hydroxylation sites is 1. The number of nitrogens with zero attached hydrogens (tertiary/aromatic N) is 4. The van der Waals surface area contributed by atoms with Crippen LogP contribution in [0.1, 0.15) is 43.9 Å². The molecule has 0 spiro atoms. The van der Waals surface area contributed by atoms with E-state index in [0.717, 1.165) is 36.7 Å². The van der Waals surface area contributed by atoms with Crippen LogP contribution in [0.2, 0.25) is 0 Å². The fourth-order valence-electron chi connectivity index (χ4n) is 3.94. The van der Waals surface area contributed by atoms with E-state index in [9.17, 15) is 0 Å². The number of aryl methyl sites for hydroxylation is 2. The van der Waals surface area contributed by atoms with Crippen molar-refractivity contribution in [3.8, 4) is 5.69 Å². The van der Waals surface area contributed by atoms with Crippen molar-refractivity contribution >= 4 is 5.96 Å². The molecule has 2 aromatic rings. The quantitative estimate of drug-likeness (QED) is 0.409. The van der Waals surface area contributed by atoms with Gasteiger partial charge >= 0.3 is 0 Å². The number of guanidine groups is 1. The molecule has 1 aliphatic heterocycles. The van der Waals surface area contributed by atoms with Gasteiger partial charge in [0, 0.05) is 38.9 Å². The molecule has 0 bridgehead atoms. The largest absolute Gasteiger partial charge is 0.356 e. The highest BCUT2D eigenvalue weighted by Gasteiger charge is 2.19. The maximum Gasteiger partial charge on any atom is 0.191 e. The summed E-state index contributed by atoms with van der Waals surface area (Å²) in [6.45, 7) is 8.85. The first-order chi connectivity index (χ1) is 14.2. The zero-order valence-electron chi connectivity index (χ0n) is 18.2. The van der Waals surface area contributed by atoms with Crippen LogP contribution in [-0.2, 0) is 6.42 Å². The van der Waals surface area contributed by atoms with Gasteiger partial charge in [-0.05, 0) is 63.3 Å². The number of aromatic nitrogens is 2. The summed E-state index contributed by atoms with van der Waals surface area (Å²) < 4.78 is 1.98. The number of likely N-dealkylation sites (tertiary alicyclic amines) is 1. The van der Waals surface area contributed by atoms with Crippen LogP contribution in [0.5, 0.6) is 0 Å². The van der Waals surface area contributed by atoms with Gasteiger partial charge in [-0.2, -0.15) is 5.10 Å². The third kappa shape index (κ3) is 6.32. The lowest BCUT2D eigenvalue weighted by Gasteiger charge is -2.32. The Morgan fingerprint density at radius 3 is 2.66 bits per heavy atom. The average molecular weight is 397 g/mol. The molecule has 1 saturated heterocycles. The zero-order chi connectivity index (χ0) is 20.5. The van der Waals surface area contributed by atoms with Gasteiger partial charge in [0.25, 0.3) is 0 Å². The third-order valence-electron chi connectivity index (χ3n) is 5.63. The summed E-state index contributed by atoms with van der Waals surface area (Å²) in [5, 5.41) is 11.7. The Balaban J connectivity index is 1.40. The van der Waals surface area contributed by atoms with E-state index >= 15 is 0 Å². The maximum atomic E-state index is 4.66. The molecular weight excluding hydrogens is 360 g/mol. The summed E-state index contributed by atoms with van der Waals surface area (Å²) in [5.74, 6) is 0.927. The van der Waals surface area contributed by atoms with Gasteiger partial charge in [0.2, 0.25) is 0 Å². The molecule has 2 heterocycles. The van der Waals surface area contributed by atoms with E-state index < -0.39 is 0 Å². The number of nitrogens with one attached hydrogen (secondary N) is 2. The van der Waals surface area contributed by atoms with Crippen molar-refractivity contribution in [1.82, 2.24) is 25.3 Å². The summed E-state index contributed by atoms with van der Waals surface area (Å²) in [7, 11) is 1.86. The molecule has 0 atom stereocenters. The van der Waals surface area contributed by atoms with Gasteiger partial charge in [-0.1, -0.05) is 25.1 Å². The molecule has 1 aromatic heterocycles. The summed E-state index contributed by atoms with van der Waals surface area (Å²) in [6.07, 6.45) is 7.85. The molecule has 0 saturated carbocycles. The number of aliphatic imine (C=N–C) groups is 1. The highest BCUT2D eigenvalue weighted by Crippen LogP contribution is 2.13. The summed E-state index contributed by atoms with van der Waals surface area (Å²) in [6, 6.07) is 10.8. The number of rotatable bonds is 8. The van der Waals surface area contributed by atoms with Gasteiger partial charge in [0.05, 0.1) is 11.4 Å². The van der Waals surface area contributed by atoms with Gasteiger partial charge in [-0.15, -0.1) is 0 Å². The monoisotopic (exact) mass is 396 g/mol. The van der Waals surface area contributed by atoms with Crippen LogP contribution in [0.3, 0.4) is 0 Å². The first-order valence-corrected chi connectivity index (χ1v) is 11.0. The minimum Gasteiger partial charge on any atom is -0.356 e. The smallest absolute Gasteiger partial charge is 0.191 e. The van der Waals surface area contributed by atoms with Crippen LogP contribution >= 0.6 is 0 Å². The van der Waals surface area contributed by atoms with Crippen LogP contribution in [0.4, 0.5) is 0 Å². The van der Waals surface area contributed by atoms with Gasteiger partial charge in [-0.3, -0.25) is 4.99 Å². The van der Waals surface area contributed by atoms with E-state index in [1.807, 2.05) is 29.9 Å². The van der Waals surface area contributed by atoms with Gasteiger partial charge in [-0.25, -0.2) is 4.68 Å². The van der Waals surface area contributed by atoms with Crippen molar-refractivity contribution in [3.63, 3.8) is 0 Å². The maximum absolute atomic E-state index is 4.66. The van der Waals surface area contributed by atoms with Crippen molar-refractivity contribution in [3.05, 3.63) is 47.8 Å². The van der Waals surface area contributed by atoms with Crippen molar-refractivity contribution in [2.45, 2.75) is 52.0 Å². The summed E-state index contributed by atoms with van der Waals surface area (Å²) in [5.41, 5.74) is 3.52. The van der Waals surface area contributed by atoms with E-state index in [0.29, 0.717) is 6.04 Å². The molecule has 0 unspecified atom stereocenters. The number of benzene rings is 1. The van der Waals surface area contributed by atoms with Crippen molar-refractivity contribution in [2.24, 2.45) is 4.99 Å². The topological polar surface area (TPSA) is 57.5 Å². The Morgan fingerprint density at radius 1 is 1.21 bits per heavy atom. The number of hydrogen-bond donors (Lipinski definition) is 2. The molecular formula is C23H36N6. The van der Waals surface area contributed by atoms with Crippen LogP contribution < -0.4 is 10.6 Å². The number of piperidine rings is 1. The normalized spacial score (nSPS) is 16.2. The molecule has 2 N–H and O–H groups in total. The lowest BCUT2D eigenvalue weighted by molar-refractivity contribution is 0.206. The SMILES string of the molecule is CCCN1CCC(NC(=NC)NCCCc2cn(-c3ccccc3)nc2C)CC1. The Labute approximate surface area is 175 Å². The minimum absolute atomic E-state index is 0.528. The predicted octanol–water partition coefficient (Wildman–Crippen LogP) is 3.15. The molecule has 0 amide bonds. The zero-order valence-corrected chi connectivity index (χ0v) is 18.2. The van der Waals surface area contributed by atoms with Crippen molar-refractivity contribution in [1.29, 1.82) is 0 Å². The van der Waals surface area contributed by atoms with E-state index in [2.05, 4.69) is 57.8 Å². The fourth-order valence-corrected chi connectivity index (χ4v) is 3.94. The Hall–Kier alpha value is -2.34. The van der Waals surface area contributed by atoms with Crippen LogP contribution in [0, 0.1) is 6.92 Å². The van der Waals surface area contributed by atoms with Gasteiger partial charge in [0.15, 0.2) is 5.96 Å². The lowest BCUT2D eigenvalue weighted by atomic mass is 10.1. The molecule has 6 heteroatoms. The highest BCUT2D eigenvalue weighted by molar-refractivity contribution is 5.79. The van der Waals surface area contributed by atoms with Crippen LogP contribution in [-0.4, -0.2) is 59.9 Å². The summed E-state index contributed by atoms with van der Waals surface area (Å²) >= 11 is 0. The second kappa shape index (κ2) is 11.0. The van der Waals surface area contributed by atoms with Gasteiger partial charge in [0.1, 0.15) is 0 Å². The Morgan fingerprint density at radius 2 is 1.97 bits per heavy atom. The number of hydrogen-bond acceptors (Lipinski definition) is 3. The molecule has 1 aliphatic rings. The first kappa shape index (κ1) is 21.4. The first-order valence-electron chi connectivity index (χ1n) is 11.0. The second-order valence-electron chi connectivity index (χ2n) is 7.88. The van der Waals surface area contributed by atoms with Crippen LogP contribution in [0.15, 0.2) is 41.5 Å². The minimum atomic E-state index is 0.528. The van der Waals surface area contributed by atoms with E-state index in [1.165, 1.54) is 44.5 Å². The van der Waals surface area contributed by atoms with E-state index in [4.69, 9.17) is 0 Å². The second-order valence-corrected chi connectivity index (χ2v) is 7.88. The molecule has 3 rings (SSSR count). The van der Waals surface area contributed by atoms with Crippen molar-refractivity contribution < 1.29 is 0 Å². The Bertz CT molecular complexity index is 759. The average Bonchev–Trinajstić information content (AvgIpc) is 3.13. The van der Waals surface area contributed by atoms with Crippen molar-refractivity contribution in [2.75, 3.05) is 33.2 Å². The fraction of sp³-hybridized carbons (Fsp3) is 0.565. The molecule has 0 aliphatic carbocycles.